The lowest BCUT2D eigenvalue weighted by Gasteiger charge is -2.39. The van der Waals surface area contributed by atoms with E-state index in [0.29, 0.717) is 41.1 Å². The van der Waals surface area contributed by atoms with E-state index in [9.17, 15) is 12.8 Å². The number of fused-ring (bicyclic) bond motifs is 2. The van der Waals surface area contributed by atoms with Crippen molar-refractivity contribution in [3.8, 4) is 5.69 Å². The number of benzene rings is 2. The van der Waals surface area contributed by atoms with Gasteiger partial charge in [0.25, 0.3) is 0 Å². The van der Waals surface area contributed by atoms with Crippen LogP contribution in [0.3, 0.4) is 0 Å². The van der Waals surface area contributed by atoms with Crippen molar-refractivity contribution in [1.29, 1.82) is 0 Å². The average molecular weight is 413 g/mol. The number of aromatic nitrogens is 3. The normalized spacial score (nSPS) is 16.4. The van der Waals surface area contributed by atoms with E-state index >= 15 is 0 Å². The standard InChI is InChI=1S/C21H20FN3O3S/c1-12-15(22)5-4-6-17(12)25-18-7-13-9-23-24-16(13)8-14(18)19(29(3,26)27)20(25)21(2)10-28-11-21/h4-9H,10-11H2,1-3H3,(H,23,24). The summed E-state index contributed by atoms with van der Waals surface area (Å²) in [6.45, 7) is 4.49. The molecule has 1 N–H and O–H groups in total. The van der Waals surface area contributed by atoms with Crippen LogP contribution in [0.2, 0.25) is 0 Å². The molecule has 0 amide bonds. The SMILES string of the molecule is Cc1c(F)cccc1-n1c(C2(C)COC2)c(S(C)(=O)=O)c2cc3[nH]ncc3cc21. The van der Waals surface area contributed by atoms with Crippen molar-refractivity contribution >= 4 is 31.6 Å². The molecule has 0 saturated carbocycles. The van der Waals surface area contributed by atoms with Crippen LogP contribution >= 0.6 is 0 Å². The summed E-state index contributed by atoms with van der Waals surface area (Å²) in [7, 11) is -3.59. The van der Waals surface area contributed by atoms with E-state index in [0.717, 1.165) is 10.9 Å². The number of nitrogens with zero attached hydrogens (tertiary/aromatic N) is 2. The Morgan fingerprint density at radius 1 is 1.28 bits per heavy atom. The number of aromatic amines is 1. The van der Waals surface area contributed by atoms with Crippen LogP contribution in [0.15, 0.2) is 41.4 Å². The highest BCUT2D eigenvalue weighted by atomic mass is 32.2. The third kappa shape index (κ3) is 2.55. The molecule has 2 aromatic carbocycles. The number of nitrogens with one attached hydrogen (secondary N) is 1. The fourth-order valence-electron chi connectivity index (χ4n) is 4.25. The molecule has 0 atom stereocenters. The Balaban J connectivity index is 2.04. The predicted molar refractivity (Wildman–Crippen MR) is 109 cm³/mol. The number of H-pyrrole nitrogens is 1. The number of halogens is 1. The third-order valence-electron chi connectivity index (χ3n) is 5.74. The Kier molecular flexibility index (Phi) is 3.73. The van der Waals surface area contributed by atoms with E-state index in [-0.39, 0.29) is 10.7 Å². The van der Waals surface area contributed by atoms with E-state index in [1.54, 1.807) is 19.2 Å². The van der Waals surface area contributed by atoms with Gasteiger partial charge in [0, 0.05) is 22.6 Å². The summed E-state index contributed by atoms with van der Waals surface area (Å²) in [4.78, 5) is 0.262. The summed E-state index contributed by atoms with van der Waals surface area (Å²) in [5.41, 5.74) is 2.67. The Morgan fingerprint density at radius 2 is 2.03 bits per heavy atom. The molecule has 0 unspecified atom stereocenters. The van der Waals surface area contributed by atoms with Crippen LogP contribution < -0.4 is 0 Å². The molecule has 4 aromatic rings. The van der Waals surface area contributed by atoms with E-state index in [1.165, 1.54) is 12.3 Å². The van der Waals surface area contributed by atoms with Gasteiger partial charge in [-0.25, -0.2) is 12.8 Å². The van der Waals surface area contributed by atoms with Crippen molar-refractivity contribution in [3.05, 3.63) is 53.6 Å². The summed E-state index contributed by atoms with van der Waals surface area (Å²) in [6.07, 6.45) is 2.91. The molecule has 1 saturated heterocycles. The van der Waals surface area contributed by atoms with Crippen molar-refractivity contribution in [2.24, 2.45) is 0 Å². The summed E-state index contributed by atoms with van der Waals surface area (Å²) in [5.74, 6) is -0.337. The van der Waals surface area contributed by atoms with Crippen molar-refractivity contribution in [2.75, 3.05) is 19.5 Å². The first-order valence-corrected chi connectivity index (χ1v) is 11.2. The van der Waals surface area contributed by atoms with Gasteiger partial charge in [-0.2, -0.15) is 5.10 Å². The smallest absolute Gasteiger partial charge is 0.177 e. The molecule has 8 heteroatoms. The Morgan fingerprint density at radius 3 is 2.69 bits per heavy atom. The predicted octanol–water partition coefficient (Wildman–Crippen LogP) is 3.65. The molecule has 6 nitrogen and oxygen atoms in total. The van der Waals surface area contributed by atoms with E-state index in [1.807, 2.05) is 29.7 Å². The summed E-state index contributed by atoms with van der Waals surface area (Å²) in [6, 6.07) is 8.58. The molecule has 2 aromatic heterocycles. The van der Waals surface area contributed by atoms with Gasteiger partial charge in [-0.05, 0) is 38.1 Å². The van der Waals surface area contributed by atoms with Gasteiger partial charge in [0.05, 0.1) is 52.1 Å². The van der Waals surface area contributed by atoms with E-state index < -0.39 is 15.3 Å². The maximum atomic E-state index is 14.5. The second kappa shape index (κ2) is 5.90. The van der Waals surface area contributed by atoms with Gasteiger partial charge in [0.2, 0.25) is 0 Å². The molecule has 1 aliphatic heterocycles. The molecular weight excluding hydrogens is 393 g/mol. The van der Waals surface area contributed by atoms with E-state index in [4.69, 9.17) is 4.74 Å². The van der Waals surface area contributed by atoms with Crippen LogP contribution in [0.4, 0.5) is 4.39 Å². The molecule has 0 spiro atoms. The molecule has 0 radical (unpaired) electrons. The second-order valence-corrected chi connectivity index (χ2v) is 10.0. The van der Waals surface area contributed by atoms with Gasteiger partial charge < -0.3 is 9.30 Å². The van der Waals surface area contributed by atoms with E-state index in [2.05, 4.69) is 10.2 Å². The van der Waals surface area contributed by atoms with Gasteiger partial charge in [-0.1, -0.05) is 6.07 Å². The Labute approximate surface area is 167 Å². The Hall–Kier alpha value is -2.71. The van der Waals surface area contributed by atoms with Crippen molar-refractivity contribution < 1.29 is 17.5 Å². The van der Waals surface area contributed by atoms with Crippen molar-refractivity contribution in [2.45, 2.75) is 24.2 Å². The number of ether oxygens (including phenoxy) is 1. The maximum absolute atomic E-state index is 14.5. The third-order valence-corrected chi connectivity index (χ3v) is 6.90. The number of sulfone groups is 1. The van der Waals surface area contributed by atoms with Crippen LogP contribution in [0.1, 0.15) is 18.2 Å². The second-order valence-electron chi connectivity index (χ2n) is 8.05. The lowest BCUT2D eigenvalue weighted by atomic mass is 9.84. The number of hydrogen-bond donors (Lipinski definition) is 1. The van der Waals surface area contributed by atoms with Gasteiger partial charge >= 0.3 is 0 Å². The molecule has 1 aliphatic rings. The van der Waals surface area contributed by atoms with Gasteiger partial charge in [-0.15, -0.1) is 0 Å². The molecule has 3 heterocycles. The lowest BCUT2D eigenvalue weighted by Crippen LogP contribution is -2.46. The molecule has 29 heavy (non-hydrogen) atoms. The minimum Gasteiger partial charge on any atom is -0.379 e. The zero-order valence-electron chi connectivity index (χ0n) is 16.3. The highest BCUT2D eigenvalue weighted by Crippen LogP contribution is 2.44. The van der Waals surface area contributed by atoms with Gasteiger partial charge in [0.1, 0.15) is 5.82 Å². The average Bonchev–Trinajstić information content (AvgIpc) is 3.21. The first kappa shape index (κ1) is 18.3. The number of rotatable bonds is 3. The van der Waals surface area contributed by atoms with Crippen molar-refractivity contribution in [1.82, 2.24) is 14.8 Å². The van der Waals surface area contributed by atoms with Gasteiger partial charge in [0.15, 0.2) is 9.84 Å². The maximum Gasteiger partial charge on any atom is 0.177 e. The molecule has 0 aliphatic carbocycles. The molecule has 1 fully saturated rings. The van der Waals surface area contributed by atoms with Gasteiger partial charge in [-0.3, -0.25) is 5.10 Å². The van der Waals surface area contributed by atoms with Crippen LogP contribution in [-0.2, 0) is 20.0 Å². The lowest BCUT2D eigenvalue weighted by molar-refractivity contribution is -0.0540. The van der Waals surface area contributed by atoms with Crippen LogP contribution in [0.5, 0.6) is 0 Å². The molecule has 5 rings (SSSR count). The first-order chi connectivity index (χ1) is 13.7. The first-order valence-electron chi connectivity index (χ1n) is 9.26. The van der Waals surface area contributed by atoms with Crippen LogP contribution in [0, 0.1) is 12.7 Å². The monoisotopic (exact) mass is 413 g/mol. The summed E-state index contributed by atoms with van der Waals surface area (Å²) >= 11 is 0. The highest BCUT2D eigenvalue weighted by molar-refractivity contribution is 7.91. The summed E-state index contributed by atoms with van der Waals surface area (Å²) in [5, 5.41) is 8.42. The molecule has 150 valence electrons. The quantitative estimate of drug-likeness (QED) is 0.556. The fraction of sp³-hybridized carbons (Fsp3) is 0.286. The Bertz CT molecular complexity index is 1400. The van der Waals surface area contributed by atoms with Crippen molar-refractivity contribution in [3.63, 3.8) is 0 Å². The zero-order valence-corrected chi connectivity index (χ0v) is 17.1. The highest BCUT2D eigenvalue weighted by Gasteiger charge is 2.43. The van der Waals surface area contributed by atoms with Crippen LogP contribution in [0.25, 0.3) is 27.5 Å². The minimum atomic E-state index is -3.59. The molecular formula is C21H20FN3O3S. The minimum absolute atomic E-state index is 0.262. The largest absolute Gasteiger partial charge is 0.379 e. The molecule has 0 bridgehead atoms. The zero-order chi connectivity index (χ0) is 20.6. The summed E-state index contributed by atoms with van der Waals surface area (Å²) < 4.78 is 47.8. The van der Waals surface area contributed by atoms with Crippen LogP contribution in [-0.4, -0.2) is 42.7 Å². The topological polar surface area (TPSA) is 77.0 Å². The number of hydrogen-bond acceptors (Lipinski definition) is 4. The fourth-order valence-corrected chi connectivity index (χ4v) is 5.50.